The van der Waals surface area contributed by atoms with Crippen LogP contribution in [0.15, 0.2) is 42.6 Å². The van der Waals surface area contributed by atoms with Crippen LogP contribution >= 0.6 is 11.3 Å². The van der Waals surface area contributed by atoms with Crippen molar-refractivity contribution in [3.63, 3.8) is 0 Å². The third-order valence-electron chi connectivity index (χ3n) is 5.90. The third kappa shape index (κ3) is 3.72. The number of hydrogen-bond acceptors (Lipinski definition) is 5. The van der Waals surface area contributed by atoms with Crippen LogP contribution in [0.1, 0.15) is 40.2 Å². The summed E-state index contributed by atoms with van der Waals surface area (Å²) in [6, 6.07) is 11.6. The molecule has 160 valence electrons. The molecule has 1 saturated heterocycles. The molecule has 31 heavy (non-hydrogen) atoms. The molecule has 2 aromatic heterocycles. The molecule has 8 heteroatoms. The van der Waals surface area contributed by atoms with E-state index in [1.54, 1.807) is 29.3 Å². The molecule has 3 aromatic rings. The van der Waals surface area contributed by atoms with Crippen LogP contribution in [0.25, 0.3) is 5.69 Å². The van der Waals surface area contributed by atoms with Gasteiger partial charge in [0.15, 0.2) is 0 Å². The van der Waals surface area contributed by atoms with Gasteiger partial charge in [-0.1, -0.05) is 0 Å². The number of ether oxygens (including phenoxy) is 1. The first kappa shape index (κ1) is 19.8. The lowest BCUT2D eigenvalue weighted by atomic mass is 10.1. The Kier molecular flexibility index (Phi) is 5.23. The molecule has 1 aromatic carbocycles. The molecule has 0 saturated carbocycles. The zero-order valence-corrected chi connectivity index (χ0v) is 18.2. The maximum Gasteiger partial charge on any atom is 0.277 e. The van der Waals surface area contributed by atoms with E-state index >= 15 is 0 Å². The summed E-state index contributed by atoms with van der Waals surface area (Å²) in [4.78, 5) is 30.4. The topological polar surface area (TPSA) is 67.7 Å². The van der Waals surface area contributed by atoms with E-state index in [1.807, 2.05) is 46.2 Å². The number of methoxy groups -OCH3 is 1. The van der Waals surface area contributed by atoms with Crippen molar-refractivity contribution < 1.29 is 14.3 Å². The van der Waals surface area contributed by atoms with Crippen molar-refractivity contribution in [3.8, 4) is 11.4 Å². The highest BCUT2D eigenvalue weighted by Crippen LogP contribution is 2.32. The second-order valence-electron chi connectivity index (χ2n) is 7.85. The molecule has 4 heterocycles. The lowest BCUT2D eigenvalue weighted by Gasteiger charge is -2.27. The zero-order valence-electron chi connectivity index (χ0n) is 17.4. The molecule has 1 fully saturated rings. The molecule has 0 atom stereocenters. The summed E-state index contributed by atoms with van der Waals surface area (Å²) in [7, 11) is 1.63. The Labute approximate surface area is 184 Å². The minimum atomic E-state index is -0.0444. The molecule has 2 aliphatic rings. The van der Waals surface area contributed by atoms with Crippen molar-refractivity contribution in [2.24, 2.45) is 0 Å². The number of aromatic nitrogens is 2. The highest BCUT2D eigenvalue weighted by atomic mass is 32.1. The second kappa shape index (κ2) is 8.19. The standard InChI is InChI=1S/C23H24N4O3S/c1-30-18-7-5-17(6-8-18)27-22-16(14-24-27)11-13-26(23(22)29)21-10-9-19(31-21)15-25-12-3-2-4-20(25)28/h5-10,14H,2-4,11-13,15H2,1H3. The van der Waals surface area contributed by atoms with Gasteiger partial charge in [0.05, 0.1) is 30.5 Å². The number of piperidine rings is 1. The van der Waals surface area contributed by atoms with Crippen molar-refractivity contribution >= 4 is 28.2 Å². The highest BCUT2D eigenvalue weighted by molar-refractivity contribution is 7.16. The Balaban J connectivity index is 1.38. The van der Waals surface area contributed by atoms with Gasteiger partial charge < -0.3 is 9.64 Å². The summed E-state index contributed by atoms with van der Waals surface area (Å²) in [5, 5.41) is 5.39. The fraction of sp³-hybridized carbons (Fsp3) is 0.348. The average molecular weight is 437 g/mol. The number of carbonyl (C=O) groups is 2. The molecule has 2 amide bonds. The predicted octanol–water partition coefficient (Wildman–Crippen LogP) is 3.66. The Bertz CT molecular complexity index is 1120. The molecule has 5 rings (SSSR count). The number of anilines is 1. The first-order chi connectivity index (χ1) is 15.1. The minimum absolute atomic E-state index is 0.0444. The summed E-state index contributed by atoms with van der Waals surface area (Å²) in [5.74, 6) is 0.941. The number of benzene rings is 1. The van der Waals surface area contributed by atoms with Gasteiger partial charge in [0.1, 0.15) is 11.4 Å². The quantitative estimate of drug-likeness (QED) is 0.612. The first-order valence-electron chi connectivity index (χ1n) is 10.5. The molecular formula is C23H24N4O3S. The Morgan fingerprint density at radius 2 is 1.87 bits per heavy atom. The van der Waals surface area contributed by atoms with E-state index in [9.17, 15) is 9.59 Å². The number of nitrogens with zero attached hydrogens (tertiary/aromatic N) is 4. The maximum absolute atomic E-state index is 13.4. The van der Waals surface area contributed by atoms with Gasteiger partial charge in [-0.3, -0.25) is 14.5 Å². The van der Waals surface area contributed by atoms with Crippen LogP contribution in [0, 0.1) is 0 Å². The van der Waals surface area contributed by atoms with Gasteiger partial charge in [-0.05, 0) is 55.7 Å². The Morgan fingerprint density at radius 3 is 2.65 bits per heavy atom. The van der Waals surface area contributed by atoms with Crippen LogP contribution in [0.2, 0.25) is 0 Å². The van der Waals surface area contributed by atoms with E-state index in [0.29, 0.717) is 25.2 Å². The number of amides is 2. The smallest absolute Gasteiger partial charge is 0.277 e. The van der Waals surface area contributed by atoms with E-state index in [0.717, 1.165) is 52.7 Å². The summed E-state index contributed by atoms with van der Waals surface area (Å²) in [5.41, 5.74) is 2.40. The largest absolute Gasteiger partial charge is 0.497 e. The van der Waals surface area contributed by atoms with Crippen molar-refractivity contribution in [1.29, 1.82) is 0 Å². The van der Waals surface area contributed by atoms with E-state index in [1.165, 1.54) is 0 Å². The molecule has 0 unspecified atom stereocenters. The van der Waals surface area contributed by atoms with Crippen molar-refractivity contribution in [3.05, 3.63) is 58.7 Å². The lowest BCUT2D eigenvalue weighted by molar-refractivity contribution is -0.133. The molecule has 0 bridgehead atoms. The normalized spacial score (nSPS) is 16.5. The molecule has 0 spiro atoms. The van der Waals surface area contributed by atoms with Gasteiger partial charge in [0, 0.05) is 30.0 Å². The molecule has 2 aliphatic heterocycles. The van der Waals surface area contributed by atoms with Gasteiger partial charge in [-0.25, -0.2) is 4.68 Å². The van der Waals surface area contributed by atoms with E-state index in [4.69, 9.17) is 4.74 Å². The number of likely N-dealkylation sites (tertiary alicyclic amines) is 1. The van der Waals surface area contributed by atoms with E-state index in [-0.39, 0.29) is 11.8 Å². The van der Waals surface area contributed by atoms with Gasteiger partial charge in [0.2, 0.25) is 5.91 Å². The van der Waals surface area contributed by atoms with Crippen molar-refractivity contribution in [1.82, 2.24) is 14.7 Å². The number of thiophene rings is 1. The highest BCUT2D eigenvalue weighted by Gasteiger charge is 2.31. The molecule has 7 nitrogen and oxygen atoms in total. The fourth-order valence-electron chi connectivity index (χ4n) is 4.20. The number of hydrogen-bond donors (Lipinski definition) is 0. The summed E-state index contributed by atoms with van der Waals surface area (Å²) in [6.07, 6.45) is 5.23. The third-order valence-corrected chi connectivity index (χ3v) is 6.99. The van der Waals surface area contributed by atoms with Gasteiger partial charge >= 0.3 is 0 Å². The van der Waals surface area contributed by atoms with Crippen molar-refractivity contribution in [2.45, 2.75) is 32.2 Å². The number of carbonyl (C=O) groups excluding carboxylic acids is 2. The Hall–Kier alpha value is -3.13. The van der Waals surface area contributed by atoms with E-state index in [2.05, 4.69) is 5.10 Å². The number of rotatable bonds is 5. The van der Waals surface area contributed by atoms with Crippen LogP contribution in [0.4, 0.5) is 5.00 Å². The van der Waals surface area contributed by atoms with Crippen LogP contribution in [0.5, 0.6) is 5.75 Å². The molecule has 0 N–H and O–H groups in total. The minimum Gasteiger partial charge on any atom is -0.497 e. The maximum atomic E-state index is 13.4. The predicted molar refractivity (Wildman–Crippen MR) is 119 cm³/mol. The zero-order chi connectivity index (χ0) is 21.4. The lowest BCUT2D eigenvalue weighted by Crippen LogP contribution is -2.38. The second-order valence-corrected chi connectivity index (χ2v) is 8.99. The van der Waals surface area contributed by atoms with E-state index < -0.39 is 0 Å². The number of fused-ring (bicyclic) bond motifs is 1. The van der Waals surface area contributed by atoms with Crippen LogP contribution in [-0.2, 0) is 17.8 Å². The van der Waals surface area contributed by atoms with Gasteiger partial charge in [-0.2, -0.15) is 5.10 Å². The summed E-state index contributed by atoms with van der Waals surface area (Å²) >= 11 is 1.59. The summed E-state index contributed by atoms with van der Waals surface area (Å²) < 4.78 is 6.94. The van der Waals surface area contributed by atoms with Crippen LogP contribution in [-0.4, -0.2) is 46.7 Å². The Morgan fingerprint density at radius 1 is 1.03 bits per heavy atom. The van der Waals surface area contributed by atoms with Crippen LogP contribution in [0.3, 0.4) is 0 Å². The first-order valence-corrected chi connectivity index (χ1v) is 11.4. The van der Waals surface area contributed by atoms with Gasteiger partial charge in [0.25, 0.3) is 5.91 Å². The molecular weight excluding hydrogens is 412 g/mol. The average Bonchev–Trinajstić information content (AvgIpc) is 3.43. The molecule has 0 radical (unpaired) electrons. The summed E-state index contributed by atoms with van der Waals surface area (Å²) in [6.45, 7) is 2.07. The SMILES string of the molecule is COc1ccc(-n2ncc3c2C(=O)N(c2ccc(CN4CCCCC4=O)s2)CC3)cc1. The van der Waals surface area contributed by atoms with Gasteiger partial charge in [-0.15, -0.1) is 11.3 Å². The fourth-order valence-corrected chi connectivity index (χ4v) is 5.24. The monoisotopic (exact) mass is 436 g/mol. The molecule has 0 aliphatic carbocycles. The van der Waals surface area contributed by atoms with Crippen LogP contribution < -0.4 is 9.64 Å². The van der Waals surface area contributed by atoms with Crippen molar-refractivity contribution in [2.75, 3.05) is 25.1 Å².